The van der Waals surface area contributed by atoms with E-state index in [0.29, 0.717) is 22.9 Å². The highest BCUT2D eigenvalue weighted by Gasteiger charge is 2.19. The summed E-state index contributed by atoms with van der Waals surface area (Å²) >= 11 is 6.10. The number of carboxylic acids is 1. The lowest BCUT2D eigenvalue weighted by Crippen LogP contribution is -2.32. The first kappa shape index (κ1) is 16.1. The molecule has 0 bridgehead atoms. The molecular formula is C16H16ClNO4. The number of halogens is 1. The van der Waals surface area contributed by atoms with Gasteiger partial charge in [0, 0.05) is 18.7 Å². The van der Waals surface area contributed by atoms with E-state index < -0.39 is 5.97 Å². The van der Waals surface area contributed by atoms with Gasteiger partial charge in [0.25, 0.3) is 5.91 Å². The Hall–Kier alpha value is -2.27. The molecule has 116 valence electrons. The molecule has 6 heteroatoms. The number of carboxylic acid groups (broad SMARTS) is 1. The number of amides is 1. The van der Waals surface area contributed by atoms with Crippen molar-refractivity contribution in [2.45, 2.75) is 13.3 Å². The minimum atomic E-state index is -0.942. The van der Waals surface area contributed by atoms with E-state index in [9.17, 15) is 9.59 Å². The Balaban J connectivity index is 2.18. The van der Waals surface area contributed by atoms with Crippen molar-refractivity contribution < 1.29 is 19.1 Å². The minimum Gasteiger partial charge on any atom is -0.481 e. The van der Waals surface area contributed by atoms with E-state index >= 15 is 0 Å². The zero-order valence-electron chi connectivity index (χ0n) is 12.1. The van der Waals surface area contributed by atoms with Crippen molar-refractivity contribution in [2.24, 2.45) is 0 Å². The molecule has 5 nitrogen and oxygen atoms in total. The first-order valence-electron chi connectivity index (χ1n) is 6.88. The van der Waals surface area contributed by atoms with Gasteiger partial charge in [-0.15, -0.1) is 0 Å². The van der Waals surface area contributed by atoms with Crippen LogP contribution in [0.5, 0.6) is 0 Å². The van der Waals surface area contributed by atoms with Crippen LogP contribution in [0.15, 0.2) is 40.8 Å². The molecule has 0 aliphatic rings. The fourth-order valence-corrected chi connectivity index (χ4v) is 2.28. The summed E-state index contributed by atoms with van der Waals surface area (Å²) in [7, 11) is 0. The first-order chi connectivity index (χ1) is 10.5. The predicted molar refractivity (Wildman–Crippen MR) is 83.0 cm³/mol. The number of hydrogen-bond donors (Lipinski definition) is 1. The summed E-state index contributed by atoms with van der Waals surface area (Å²) in [6.45, 7) is 2.35. The van der Waals surface area contributed by atoms with E-state index in [2.05, 4.69) is 0 Å². The Labute approximate surface area is 133 Å². The molecule has 22 heavy (non-hydrogen) atoms. The number of rotatable bonds is 6. The molecule has 0 unspecified atom stereocenters. The Bertz CT molecular complexity index is 680. The third-order valence-electron chi connectivity index (χ3n) is 3.22. The van der Waals surface area contributed by atoms with Gasteiger partial charge in [-0.3, -0.25) is 9.59 Å². The van der Waals surface area contributed by atoms with E-state index in [0.717, 1.165) is 0 Å². The van der Waals surface area contributed by atoms with E-state index in [4.69, 9.17) is 21.1 Å². The topological polar surface area (TPSA) is 70.8 Å². The van der Waals surface area contributed by atoms with Gasteiger partial charge in [-0.2, -0.15) is 0 Å². The fourth-order valence-electron chi connectivity index (χ4n) is 2.05. The lowest BCUT2D eigenvalue weighted by molar-refractivity contribution is -0.137. The molecule has 0 fully saturated rings. The maximum absolute atomic E-state index is 12.3. The molecule has 1 aromatic carbocycles. The number of benzene rings is 1. The van der Waals surface area contributed by atoms with Crippen molar-refractivity contribution in [3.63, 3.8) is 0 Å². The van der Waals surface area contributed by atoms with Crippen LogP contribution in [0.4, 0.5) is 0 Å². The van der Waals surface area contributed by atoms with Gasteiger partial charge in [0.1, 0.15) is 5.76 Å². The van der Waals surface area contributed by atoms with Crippen LogP contribution >= 0.6 is 11.6 Å². The summed E-state index contributed by atoms with van der Waals surface area (Å²) in [5.41, 5.74) is 0.705. The van der Waals surface area contributed by atoms with Crippen LogP contribution in [0.2, 0.25) is 5.02 Å². The molecule has 1 amide bonds. The molecule has 0 saturated heterocycles. The quantitative estimate of drug-likeness (QED) is 0.883. The van der Waals surface area contributed by atoms with Crippen LogP contribution in [0.3, 0.4) is 0 Å². The van der Waals surface area contributed by atoms with E-state index in [1.807, 2.05) is 12.1 Å². The van der Waals surface area contributed by atoms with E-state index in [1.165, 1.54) is 4.90 Å². The number of carbonyl (C=O) groups is 2. The van der Waals surface area contributed by atoms with Crippen molar-refractivity contribution in [2.75, 3.05) is 13.1 Å². The second-order valence-electron chi connectivity index (χ2n) is 4.67. The smallest absolute Gasteiger partial charge is 0.305 e. The van der Waals surface area contributed by atoms with E-state index in [-0.39, 0.29) is 24.6 Å². The van der Waals surface area contributed by atoms with Gasteiger partial charge >= 0.3 is 5.97 Å². The average Bonchev–Trinajstić information content (AvgIpc) is 2.97. The number of carbonyl (C=O) groups excluding carboxylic acids is 1. The molecule has 1 aromatic heterocycles. The van der Waals surface area contributed by atoms with Gasteiger partial charge in [-0.25, -0.2) is 0 Å². The van der Waals surface area contributed by atoms with Crippen LogP contribution in [-0.2, 0) is 4.79 Å². The van der Waals surface area contributed by atoms with Gasteiger partial charge in [0.15, 0.2) is 5.76 Å². The van der Waals surface area contributed by atoms with Crippen molar-refractivity contribution in [3.8, 4) is 11.3 Å². The van der Waals surface area contributed by atoms with Crippen LogP contribution in [0.1, 0.15) is 23.9 Å². The van der Waals surface area contributed by atoms with Crippen LogP contribution < -0.4 is 0 Å². The lowest BCUT2D eigenvalue weighted by Gasteiger charge is -2.18. The number of hydrogen-bond acceptors (Lipinski definition) is 3. The normalized spacial score (nSPS) is 10.5. The largest absolute Gasteiger partial charge is 0.481 e. The van der Waals surface area contributed by atoms with Gasteiger partial charge < -0.3 is 14.4 Å². The minimum absolute atomic E-state index is 0.0995. The van der Waals surface area contributed by atoms with Crippen molar-refractivity contribution in [3.05, 3.63) is 47.2 Å². The highest BCUT2D eigenvalue weighted by molar-refractivity contribution is 6.33. The molecule has 0 radical (unpaired) electrons. The highest BCUT2D eigenvalue weighted by Crippen LogP contribution is 2.29. The molecule has 2 rings (SSSR count). The second-order valence-corrected chi connectivity index (χ2v) is 5.08. The zero-order valence-corrected chi connectivity index (χ0v) is 12.8. The molecule has 0 spiro atoms. The zero-order chi connectivity index (χ0) is 16.1. The van der Waals surface area contributed by atoms with Gasteiger partial charge in [0.2, 0.25) is 0 Å². The van der Waals surface area contributed by atoms with Crippen molar-refractivity contribution >= 4 is 23.5 Å². The number of furan rings is 1. The van der Waals surface area contributed by atoms with E-state index in [1.54, 1.807) is 31.2 Å². The van der Waals surface area contributed by atoms with Crippen molar-refractivity contribution in [1.29, 1.82) is 0 Å². The number of aliphatic carboxylic acids is 1. The molecule has 0 atom stereocenters. The summed E-state index contributed by atoms with van der Waals surface area (Å²) in [4.78, 5) is 24.4. The molecule has 0 aliphatic heterocycles. The Kier molecular flexibility index (Phi) is 5.22. The van der Waals surface area contributed by atoms with Crippen LogP contribution in [0.25, 0.3) is 11.3 Å². The third kappa shape index (κ3) is 3.68. The average molecular weight is 322 g/mol. The molecule has 1 N–H and O–H groups in total. The second kappa shape index (κ2) is 7.13. The first-order valence-corrected chi connectivity index (χ1v) is 7.26. The predicted octanol–water partition coefficient (Wildman–Crippen LogP) is 3.54. The van der Waals surface area contributed by atoms with Gasteiger partial charge in [0.05, 0.1) is 11.4 Å². The van der Waals surface area contributed by atoms with Crippen LogP contribution in [-0.4, -0.2) is 35.0 Å². The maximum Gasteiger partial charge on any atom is 0.305 e. The summed E-state index contributed by atoms with van der Waals surface area (Å²) in [5.74, 6) is -0.602. The lowest BCUT2D eigenvalue weighted by atomic mass is 10.2. The Morgan fingerprint density at radius 1 is 1.23 bits per heavy atom. The Morgan fingerprint density at radius 3 is 2.59 bits per heavy atom. The summed E-state index contributed by atoms with van der Waals surface area (Å²) in [6, 6.07) is 10.4. The maximum atomic E-state index is 12.3. The number of nitrogens with zero attached hydrogens (tertiary/aromatic N) is 1. The van der Waals surface area contributed by atoms with Gasteiger partial charge in [-0.05, 0) is 31.2 Å². The standard InChI is InChI=1S/C16H16ClNO4/c1-2-18(10-9-15(19)20)16(21)14-8-7-13(22-14)11-5-3-4-6-12(11)17/h3-8H,2,9-10H2,1H3,(H,19,20). The van der Waals surface area contributed by atoms with Crippen molar-refractivity contribution in [1.82, 2.24) is 4.90 Å². The molecular weight excluding hydrogens is 306 g/mol. The molecule has 1 heterocycles. The molecule has 0 aliphatic carbocycles. The van der Waals surface area contributed by atoms with Gasteiger partial charge in [-0.1, -0.05) is 23.7 Å². The SMILES string of the molecule is CCN(CCC(=O)O)C(=O)c1ccc(-c2ccccc2Cl)o1. The fraction of sp³-hybridized carbons (Fsp3) is 0.250. The Morgan fingerprint density at radius 2 is 1.95 bits per heavy atom. The molecule has 0 saturated carbocycles. The molecule has 2 aromatic rings. The summed E-state index contributed by atoms with van der Waals surface area (Å²) in [6.07, 6.45) is -0.0995. The monoisotopic (exact) mass is 321 g/mol. The summed E-state index contributed by atoms with van der Waals surface area (Å²) < 4.78 is 5.58. The highest BCUT2D eigenvalue weighted by atomic mass is 35.5. The summed E-state index contributed by atoms with van der Waals surface area (Å²) in [5, 5.41) is 9.25. The van der Waals surface area contributed by atoms with Crippen LogP contribution in [0, 0.1) is 0 Å². The third-order valence-corrected chi connectivity index (χ3v) is 3.55.